The van der Waals surface area contributed by atoms with E-state index in [0.29, 0.717) is 17.6 Å². The lowest BCUT2D eigenvalue weighted by atomic mass is 9.89. The van der Waals surface area contributed by atoms with Crippen LogP contribution in [0.2, 0.25) is 0 Å². The van der Waals surface area contributed by atoms with Crippen LogP contribution in [-0.4, -0.2) is 51.5 Å². The van der Waals surface area contributed by atoms with Gasteiger partial charge in [-0.3, -0.25) is 4.99 Å². The molecule has 1 rings (SSSR count). The Bertz CT molecular complexity index is 340. The van der Waals surface area contributed by atoms with E-state index >= 15 is 0 Å². The van der Waals surface area contributed by atoms with Crippen molar-refractivity contribution in [2.45, 2.75) is 71.9 Å². The first-order valence-electron chi connectivity index (χ1n) is 9.07. The van der Waals surface area contributed by atoms with Crippen LogP contribution in [-0.2, 0) is 9.47 Å². The lowest BCUT2D eigenvalue weighted by Gasteiger charge is -2.23. The second-order valence-electron chi connectivity index (χ2n) is 7.71. The fourth-order valence-electron chi connectivity index (χ4n) is 2.52. The van der Waals surface area contributed by atoms with Gasteiger partial charge in [0.15, 0.2) is 5.96 Å². The molecule has 0 aromatic rings. The highest BCUT2D eigenvalue weighted by Gasteiger charge is 2.15. The second kappa shape index (κ2) is 13.2. The van der Waals surface area contributed by atoms with E-state index in [2.05, 4.69) is 43.3 Å². The van der Waals surface area contributed by atoms with Gasteiger partial charge in [0.25, 0.3) is 0 Å². The smallest absolute Gasteiger partial charge is 0.191 e. The van der Waals surface area contributed by atoms with Crippen molar-refractivity contribution >= 4 is 29.9 Å². The largest absolute Gasteiger partial charge is 0.379 e. The van der Waals surface area contributed by atoms with Crippen LogP contribution in [0.3, 0.4) is 0 Å². The molecule has 1 fully saturated rings. The van der Waals surface area contributed by atoms with Crippen molar-refractivity contribution in [3.05, 3.63) is 0 Å². The molecule has 0 saturated carbocycles. The summed E-state index contributed by atoms with van der Waals surface area (Å²) in [7, 11) is 1.82. The molecule has 1 aliphatic rings. The molecule has 24 heavy (non-hydrogen) atoms. The third-order valence-electron chi connectivity index (χ3n) is 4.02. The molecular formula is C18H38IN3O2. The number of guanidine groups is 1. The van der Waals surface area contributed by atoms with Crippen molar-refractivity contribution < 1.29 is 9.47 Å². The normalized spacial score (nSPS) is 19.7. The molecule has 6 heteroatoms. The summed E-state index contributed by atoms with van der Waals surface area (Å²) in [5.41, 5.74) is 0.382. The van der Waals surface area contributed by atoms with E-state index in [0.717, 1.165) is 51.6 Å². The predicted octanol–water partition coefficient (Wildman–Crippen LogP) is 3.57. The summed E-state index contributed by atoms with van der Waals surface area (Å²) in [5, 5.41) is 6.81. The SMILES string of the molecule is CN=C(NCCCOCC1CCCO1)NC(C)CCC(C)(C)C.I. The zero-order valence-electron chi connectivity index (χ0n) is 16.2. The Hall–Kier alpha value is -0.0800. The molecule has 0 aromatic carbocycles. The maximum atomic E-state index is 5.66. The Balaban J connectivity index is 0.00000529. The van der Waals surface area contributed by atoms with E-state index in [9.17, 15) is 0 Å². The highest BCUT2D eigenvalue weighted by atomic mass is 127. The number of rotatable bonds is 9. The highest BCUT2D eigenvalue weighted by Crippen LogP contribution is 2.21. The Morgan fingerprint density at radius 1 is 1.38 bits per heavy atom. The minimum Gasteiger partial charge on any atom is -0.379 e. The molecule has 0 radical (unpaired) electrons. The van der Waals surface area contributed by atoms with Gasteiger partial charge >= 0.3 is 0 Å². The van der Waals surface area contributed by atoms with Crippen molar-refractivity contribution in [3.8, 4) is 0 Å². The molecule has 1 saturated heterocycles. The van der Waals surface area contributed by atoms with Crippen LogP contribution in [0.1, 0.15) is 59.8 Å². The molecule has 2 unspecified atom stereocenters. The number of aliphatic imine (C=N–C) groups is 1. The first-order chi connectivity index (χ1) is 10.9. The molecule has 0 aromatic heterocycles. The molecule has 144 valence electrons. The minimum absolute atomic E-state index is 0. The summed E-state index contributed by atoms with van der Waals surface area (Å²) < 4.78 is 11.2. The van der Waals surface area contributed by atoms with Crippen LogP contribution in [0.15, 0.2) is 4.99 Å². The zero-order chi connectivity index (χ0) is 17.1. The molecule has 1 heterocycles. The Morgan fingerprint density at radius 3 is 2.71 bits per heavy atom. The minimum atomic E-state index is 0. The monoisotopic (exact) mass is 455 g/mol. The predicted molar refractivity (Wildman–Crippen MR) is 112 cm³/mol. The van der Waals surface area contributed by atoms with Gasteiger partial charge in [0, 0.05) is 32.8 Å². The van der Waals surface area contributed by atoms with Gasteiger partial charge in [-0.2, -0.15) is 0 Å². The highest BCUT2D eigenvalue weighted by molar-refractivity contribution is 14.0. The first kappa shape index (κ1) is 23.9. The van der Waals surface area contributed by atoms with E-state index in [-0.39, 0.29) is 24.0 Å². The van der Waals surface area contributed by atoms with Crippen LogP contribution >= 0.6 is 24.0 Å². The van der Waals surface area contributed by atoms with Gasteiger partial charge < -0.3 is 20.1 Å². The van der Waals surface area contributed by atoms with Crippen LogP contribution in [0.25, 0.3) is 0 Å². The van der Waals surface area contributed by atoms with Crippen LogP contribution in [0.5, 0.6) is 0 Å². The molecule has 2 N–H and O–H groups in total. The van der Waals surface area contributed by atoms with Gasteiger partial charge in [0.1, 0.15) is 0 Å². The Morgan fingerprint density at radius 2 is 2.12 bits per heavy atom. The van der Waals surface area contributed by atoms with Crippen molar-refractivity contribution in [2.24, 2.45) is 10.4 Å². The molecule has 0 spiro atoms. The first-order valence-corrected chi connectivity index (χ1v) is 9.07. The topological polar surface area (TPSA) is 54.9 Å². The quantitative estimate of drug-likeness (QED) is 0.242. The second-order valence-corrected chi connectivity index (χ2v) is 7.71. The number of nitrogens with zero attached hydrogens (tertiary/aromatic N) is 1. The molecule has 1 aliphatic heterocycles. The molecular weight excluding hydrogens is 417 g/mol. The number of hydrogen-bond acceptors (Lipinski definition) is 3. The standard InChI is InChI=1S/C18H37N3O2.HI/c1-15(9-10-18(2,3)4)21-17(19-5)20-11-7-12-22-14-16-8-6-13-23-16;/h15-16H,6-14H2,1-5H3,(H2,19,20,21);1H. The van der Waals surface area contributed by atoms with E-state index in [1.54, 1.807) is 0 Å². The average Bonchev–Trinajstić information content (AvgIpc) is 3.00. The summed E-state index contributed by atoms with van der Waals surface area (Å²) in [6, 6.07) is 0.427. The Kier molecular flexibility index (Phi) is 13.1. The summed E-state index contributed by atoms with van der Waals surface area (Å²) in [6.45, 7) is 12.3. The van der Waals surface area contributed by atoms with Crippen molar-refractivity contribution in [3.63, 3.8) is 0 Å². The molecule has 0 amide bonds. The van der Waals surface area contributed by atoms with Gasteiger partial charge in [-0.1, -0.05) is 20.8 Å². The maximum Gasteiger partial charge on any atom is 0.191 e. The van der Waals surface area contributed by atoms with Crippen molar-refractivity contribution in [1.82, 2.24) is 10.6 Å². The lowest BCUT2D eigenvalue weighted by molar-refractivity contribution is 0.0168. The summed E-state index contributed by atoms with van der Waals surface area (Å²) >= 11 is 0. The number of nitrogens with one attached hydrogen (secondary N) is 2. The van der Waals surface area contributed by atoms with Crippen LogP contribution in [0, 0.1) is 5.41 Å². The average molecular weight is 455 g/mol. The summed E-state index contributed by atoms with van der Waals surface area (Å²) in [6.07, 6.45) is 5.96. The van der Waals surface area contributed by atoms with Gasteiger partial charge in [-0.05, 0) is 44.4 Å². The Labute approximate surface area is 165 Å². The van der Waals surface area contributed by atoms with Crippen LogP contribution in [0.4, 0.5) is 0 Å². The fourth-order valence-corrected chi connectivity index (χ4v) is 2.52. The number of halogens is 1. The van der Waals surface area contributed by atoms with Gasteiger partial charge in [0.05, 0.1) is 12.7 Å². The number of ether oxygens (including phenoxy) is 2. The fraction of sp³-hybridized carbons (Fsp3) is 0.944. The van der Waals surface area contributed by atoms with Crippen molar-refractivity contribution in [2.75, 3.05) is 33.4 Å². The van der Waals surface area contributed by atoms with E-state index < -0.39 is 0 Å². The van der Waals surface area contributed by atoms with Crippen molar-refractivity contribution in [1.29, 1.82) is 0 Å². The maximum absolute atomic E-state index is 5.66. The zero-order valence-corrected chi connectivity index (χ0v) is 18.5. The molecule has 2 atom stereocenters. The third kappa shape index (κ3) is 12.3. The van der Waals surface area contributed by atoms with Gasteiger partial charge in [0.2, 0.25) is 0 Å². The molecule has 5 nitrogen and oxygen atoms in total. The van der Waals surface area contributed by atoms with Gasteiger partial charge in [-0.15, -0.1) is 24.0 Å². The van der Waals surface area contributed by atoms with Gasteiger partial charge in [-0.25, -0.2) is 0 Å². The summed E-state index contributed by atoms with van der Waals surface area (Å²) in [5.74, 6) is 0.880. The van der Waals surface area contributed by atoms with Crippen LogP contribution < -0.4 is 10.6 Å². The third-order valence-corrected chi connectivity index (χ3v) is 4.02. The number of hydrogen-bond donors (Lipinski definition) is 2. The van der Waals surface area contributed by atoms with E-state index in [4.69, 9.17) is 9.47 Å². The lowest BCUT2D eigenvalue weighted by Crippen LogP contribution is -2.43. The molecule has 0 bridgehead atoms. The molecule has 0 aliphatic carbocycles. The summed E-state index contributed by atoms with van der Waals surface area (Å²) in [4.78, 5) is 4.29. The van der Waals surface area contributed by atoms with E-state index in [1.165, 1.54) is 12.8 Å². The van der Waals surface area contributed by atoms with E-state index in [1.807, 2.05) is 7.05 Å².